The minimum absolute atomic E-state index is 0.451. The highest BCUT2D eigenvalue weighted by molar-refractivity contribution is 14.1. The SMILES string of the molecule is CC1(CNc2ncc(I)cn2)CCCC1. The van der Waals surface area contributed by atoms with E-state index in [1.807, 2.05) is 12.4 Å². The summed E-state index contributed by atoms with van der Waals surface area (Å²) in [5, 5.41) is 3.33. The second-order valence-electron chi connectivity index (χ2n) is 4.60. The lowest BCUT2D eigenvalue weighted by atomic mass is 9.89. The number of nitrogens with one attached hydrogen (secondary N) is 1. The molecule has 3 nitrogen and oxygen atoms in total. The van der Waals surface area contributed by atoms with E-state index in [1.165, 1.54) is 25.7 Å². The molecule has 0 saturated heterocycles. The van der Waals surface area contributed by atoms with Crippen LogP contribution in [0.5, 0.6) is 0 Å². The lowest BCUT2D eigenvalue weighted by molar-refractivity contribution is 0.361. The van der Waals surface area contributed by atoms with Crippen LogP contribution in [0.1, 0.15) is 32.6 Å². The first-order chi connectivity index (χ1) is 7.18. The summed E-state index contributed by atoms with van der Waals surface area (Å²) in [6, 6.07) is 0. The summed E-state index contributed by atoms with van der Waals surface area (Å²) in [7, 11) is 0. The Labute approximate surface area is 104 Å². The second kappa shape index (κ2) is 4.63. The molecule has 0 amide bonds. The third-order valence-corrected chi connectivity index (χ3v) is 3.66. The fourth-order valence-corrected chi connectivity index (χ4v) is 2.38. The van der Waals surface area contributed by atoms with Crippen molar-refractivity contribution in [1.82, 2.24) is 9.97 Å². The minimum Gasteiger partial charge on any atom is -0.354 e. The van der Waals surface area contributed by atoms with Crippen LogP contribution in [0.2, 0.25) is 0 Å². The maximum atomic E-state index is 4.24. The molecule has 1 aromatic heterocycles. The molecule has 1 aromatic rings. The van der Waals surface area contributed by atoms with Gasteiger partial charge in [0.25, 0.3) is 0 Å². The molecule has 1 aliphatic rings. The van der Waals surface area contributed by atoms with Gasteiger partial charge in [-0.3, -0.25) is 0 Å². The van der Waals surface area contributed by atoms with Crippen LogP contribution >= 0.6 is 22.6 Å². The summed E-state index contributed by atoms with van der Waals surface area (Å²) in [6.45, 7) is 3.34. The molecule has 0 aliphatic heterocycles. The van der Waals surface area contributed by atoms with Gasteiger partial charge in [0.2, 0.25) is 5.95 Å². The van der Waals surface area contributed by atoms with Crippen molar-refractivity contribution in [3.05, 3.63) is 16.0 Å². The van der Waals surface area contributed by atoms with E-state index in [9.17, 15) is 0 Å². The molecule has 1 N–H and O–H groups in total. The molecule has 0 bridgehead atoms. The summed E-state index contributed by atoms with van der Waals surface area (Å²) in [5.41, 5.74) is 0.451. The number of anilines is 1. The molecular formula is C11H16IN3. The van der Waals surface area contributed by atoms with E-state index in [0.717, 1.165) is 16.1 Å². The number of rotatable bonds is 3. The topological polar surface area (TPSA) is 37.8 Å². The average molecular weight is 317 g/mol. The lowest BCUT2D eigenvalue weighted by Crippen LogP contribution is -2.23. The van der Waals surface area contributed by atoms with Crippen LogP contribution in [0, 0.1) is 8.99 Å². The van der Waals surface area contributed by atoms with Crippen molar-refractivity contribution in [3.63, 3.8) is 0 Å². The van der Waals surface area contributed by atoms with Crippen molar-refractivity contribution >= 4 is 28.5 Å². The third-order valence-electron chi connectivity index (χ3n) is 3.10. The molecule has 1 saturated carbocycles. The van der Waals surface area contributed by atoms with Gasteiger partial charge >= 0.3 is 0 Å². The predicted octanol–water partition coefficient (Wildman–Crippen LogP) is 3.07. The maximum absolute atomic E-state index is 4.24. The van der Waals surface area contributed by atoms with Gasteiger partial charge in [-0.15, -0.1) is 0 Å². The fourth-order valence-electron chi connectivity index (χ4n) is 2.10. The molecule has 82 valence electrons. The van der Waals surface area contributed by atoms with Crippen molar-refractivity contribution in [3.8, 4) is 0 Å². The molecule has 0 spiro atoms. The van der Waals surface area contributed by atoms with Gasteiger partial charge in [-0.25, -0.2) is 9.97 Å². The van der Waals surface area contributed by atoms with E-state index in [-0.39, 0.29) is 0 Å². The third kappa shape index (κ3) is 3.03. The van der Waals surface area contributed by atoms with Gasteiger partial charge in [0.1, 0.15) is 0 Å². The van der Waals surface area contributed by atoms with Crippen LogP contribution < -0.4 is 5.32 Å². The Bertz CT molecular complexity index is 317. The molecule has 2 rings (SSSR count). The van der Waals surface area contributed by atoms with Gasteiger partial charge in [-0.05, 0) is 40.8 Å². The highest BCUT2D eigenvalue weighted by atomic mass is 127. The van der Waals surface area contributed by atoms with E-state index >= 15 is 0 Å². The molecule has 0 radical (unpaired) electrons. The second-order valence-corrected chi connectivity index (χ2v) is 5.84. The van der Waals surface area contributed by atoms with Gasteiger partial charge in [0.05, 0.1) is 0 Å². The predicted molar refractivity (Wildman–Crippen MR) is 69.8 cm³/mol. The van der Waals surface area contributed by atoms with E-state index in [2.05, 4.69) is 44.8 Å². The highest BCUT2D eigenvalue weighted by Crippen LogP contribution is 2.37. The molecular weight excluding hydrogens is 301 g/mol. The Kier molecular flexibility index (Phi) is 3.43. The summed E-state index contributed by atoms with van der Waals surface area (Å²) in [6.07, 6.45) is 9.06. The molecule has 0 unspecified atom stereocenters. The summed E-state index contributed by atoms with van der Waals surface area (Å²) >= 11 is 2.21. The van der Waals surface area contributed by atoms with E-state index in [1.54, 1.807) is 0 Å². The summed E-state index contributed by atoms with van der Waals surface area (Å²) < 4.78 is 1.07. The Morgan fingerprint density at radius 3 is 2.53 bits per heavy atom. The molecule has 1 heterocycles. The molecule has 15 heavy (non-hydrogen) atoms. The summed E-state index contributed by atoms with van der Waals surface area (Å²) in [4.78, 5) is 8.48. The molecule has 0 aromatic carbocycles. The van der Waals surface area contributed by atoms with Gasteiger partial charge < -0.3 is 5.32 Å². The van der Waals surface area contributed by atoms with Crippen LogP contribution in [0.15, 0.2) is 12.4 Å². The van der Waals surface area contributed by atoms with Crippen LogP contribution in [-0.4, -0.2) is 16.5 Å². The van der Waals surface area contributed by atoms with Gasteiger partial charge in [-0.1, -0.05) is 19.8 Å². The number of aromatic nitrogens is 2. The number of nitrogens with zero attached hydrogens (tertiary/aromatic N) is 2. The first-order valence-electron chi connectivity index (χ1n) is 5.39. The zero-order valence-electron chi connectivity index (χ0n) is 8.96. The van der Waals surface area contributed by atoms with Crippen molar-refractivity contribution in [1.29, 1.82) is 0 Å². The number of halogens is 1. The summed E-state index contributed by atoms with van der Waals surface area (Å²) in [5.74, 6) is 0.753. The fraction of sp³-hybridized carbons (Fsp3) is 0.636. The smallest absolute Gasteiger partial charge is 0.222 e. The molecule has 1 aliphatic carbocycles. The van der Waals surface area contributed by atoms with Gasteiger partial charge in [-0.2, -0.15) is 0 Å². The van der Waals surface area contributed by atoms with Gasteiger partial charge in [0.15, 0.2) is 0 Å². The van der Waals surface area contributed by atoms with Crippen LogP contribution in [0.25, 0.3) is 0 Å². The first-order valence-corrected chi connectivity index (χ1v) is 6.47. The van der Waals surface area contributed by atoms with E-state index < -0.39 is 0 Å². The highest BCUT2D eigenvalue weighted by Gasteiger charge is 2.28. The quantitative estimate of drug-likeness (QED) is 0.871. The largest absolute Gasteiger partial charge is 0.354 e. The maximum Gasteiger partial charge on any atom is 0.222 e. The monoisotopic (exact) mass is 317 g/mol. The number of hydrogen-bond donors (Lipinski definition) is 1. The van der Waals surface area contributed by atoms with Crippen LogP contribution in [-0.2, 0) is 0 Å². The zero-order chi connectivity index (χ0) is 10.7. The number of hydrogen-bond acceptors (Lipinski definition) is 3. The van der Waals surface area contributed by atoms with Crippen molar-refractivity contribution in [2.24, 2.45) is 5.41 Å². The Balaban J connectivity index is 1.90. The standard InChI is InChI=1S/C11H16IN3/c1-11(4-2-3-5-11)8-15-10-13-6-9(12)7-14-10/h6-7H,2-5,8H2,1H3,(H,13,14,15). The Morgan fingerprint density at radius 1 is 1.33 bits per heavy atom. The lowest BCUT2D eigenvalue weighted by Gasteiger charge is -2.23. The minimum atomic E-state index is 0.451. The van der Waals surface area contributed by atoms with Crippen LogP contribution in [0.3, 0.4) is 0 Å². The first kappa shape index (κ1) is 11.1. The Morgan fingerprint density at radius 2 is 1.93 bits per heavy atom. The average Bonchev–Trinajstić information content (AvgIpc) is 2.65. The molecule has 1 fully saturated rings. The van der Waals surface area contributed by atoms with Crippen molar-refractivity contribution in [2.45, 2.75) is 32.6 Å². The van der Waals surface area contributed by atoms with Crippen molar-refractivity contribution in [2.75, 3.05) is 11.9 Å². The van der Waals surface area contributed by atoms with Crippen molar-refractivity contribution < 1.29 is 0 Å². The van der Waals surface area contributed by atoms with E-state index in [4.69, 9.17) is 0 Å². The molecule has 4 heteroatoms. The van der Waals surface area contributed by atoms with Gasteiger partial charge in [0, 0.05) is 22.5 Å². The van der Waals surface area contributed by atoms with E-state index in [0.29, 0.717) is 5.41 Å². The van der Waals surface area contributed by atoms with Crippen LogP contribution in [0.4, 0.5) is 5.95 Å². The normalized spacial score (nSPS) is 19.1. The Hall–Kier alpha value is -0.390. The zero-order valence-corrected chi connectivity index (χ0v) is 11.1. The molecule has 0 atom stereocenters.